The first-order valence-corrected chi connectivity index (χ1v) is 6.62. The lowest BCUT2D eigenvalue weighted by Gasteiger charge is -2.19. The SMILES string of the molecule is c1cnc2ncnc(Nc3ccc4c(c3)OCCO4)c2c1. The summed E-state index contributed by atoms with van der Waals surface area (Å²) < 4.78 is 11.1. The highest BCUT2D eigenvalue weighted by Crippen LogP contribution is 2.33. The summed E-state index contributed by atoms with van der Waals surface area (Å²) >= 11 is 0. The van der Waals surface area contributed by atoms with E-state index >= 15 is 0 Å². The van der Waals surface area contributed by atoms with Gasteiger partial charge in [-0.05, 0) is 24.3 Å². The van der Waals surface area contributed by atoms with Crippen molar-refractivity contribution in [2.24, 2.45) is 0 Å². The van der Waals surface area contributed by atoms with Crippen LogP contribution >= 0.6 is 0 Å². The lowest BCUT2D eigenvalue weighted by Crippen LogP contribution is -2.15. The molecule has 0 unspecified atom stereocenters. The van der Waals surface area contributed by atoms with E-state index in [4.69, 9.17) is 9.47 Å². The van der Waals surface area contributed by atoms with Crippen molar-refractivity contribution in [3.63, 3.8) is 0 Å². The van der Waals surface area contributed by atoms with Gasteiger partial charge in [-0.3, -0.25) is 0 Å². The van der Waals surface area contributed by atoms with Gasteiger partial charge in [-0.15, -0.1) is 0 Å². The molecular weight excluding hydrogens is 268 g/mol. The van der Waals surface area contributed by atoms with Gasteiger partial charge in [0.15, 0.2) is 17.1 Å². The quantitative estimate of drug-likeness (QED) is 0.778. The Morgan fingerprint density at radius 2 is 1.86 bits per heavy atom. The average Bonchev–Trinajstić information content (AvgIpc) is 2.55. The first kappa shape index (κ1) is 11.9. The lowest BCUT2D eigenvalue weighted by atomic mass is 10.2. The van der Waals surface area contributed by atoms with Crippen LogP contribution in [0.25, 0.3) is 11.0 Å². The molecule has 0 saturated heterocycles. The molecule has 0 amide bonds. The predicted molar refractivity (Wildman–Crippen MR) is 78.0 cm³/mol. The molecule has 0 atom stereocenters. The molecule has 6 nitrogen and oxygen atoms in total. The Bertz CT molecular complexity index is 801. The third-order valence-electron chi connectivity index (χ3n) is 3.21. The van der Waals surface area contributed by atoms with Crippen molar-refractivity contribution in [3.05, 3.63) is 42.9 Å². The molecule has 21 heavy (non-hydrogen) atoms. The van der Waals surface area contributed by atoms with Gasteiger partial charge in [-0.2, -0.15) is 0 Å². The number of hydrogen-bond donors (Lipinski definition) is 1. The van der Waals surface area contributed by atoms with E-state index in [1.807, 2.05) is 30.3 Å². The number of fused-ring (bicyclic) bond motifs is 2. The van der Waals surface area contributed by atoms with E-state index in [-0.39, 0.29) is 0 Å². The van der Waals surface area contributed by atoms with Crippen molar-refractivity contribution in [2.75, 3.05) is 18.5 Å². The maximum absolute atomic E-state index is 5.58. The van der Waals surface area contributed by atoms with Gasteiger partial charge in [-0.25, -0.2) is 15.0 Å². The van der Waals surface area contributed by atoms with Crippen LogP contribution in [0.1, 0.15) is 0 Å². The summed E-state index contributed by atoms with van der Waals surface area (Å²) in [5.41, 5.74) is 1.54. The molecule has 6 heteroatoms. The molecular formula is C15H12N4O2. The van der Waals surface area contributed by atoms with Crippen LogP contribution in [0.5, 0.6) is 11.5 Å². The normalized spacial score (nSPS) is 13.1. The third kappa shape index (κ3) is 2.20. The van der Waals surface area contributed by atoms with Gasteiger partial charge in [-0.1, -0.05) is 0 Å². The standard InChI is InChI=1S/C15H12N4O2/c1-2-11-14(16-5-1)17-9-18-15(11)19-10-3-4-12-13(8-10)21-7-6-20-12/h1-5,8-9H,6-7H2,(H,16,17,18,19). The second-order valence-electron chi connectivity index (χ2n) is 4.58. The molecule has 1 N–H and O–H groups in total. The average molecular weight is 280 g/mol. The van der Waals surface area contributed by atoms with Gasteiger partial charge in [0.25, 0.3) is 0 Å². The van der Waals surface area contributed by atoms with Crippen molar-refractivity contribution in [1.29, 1.82) is 0 Å². The van der Waals surface area contributed by atoms with E-state index in [0.717, 1.165) is 22.6 Å². The first-order chi connectivity index (χ1) is 10.4. The van der Waals surface area contributed by atoms with E-state index in [1.165, 1.54) is 6.33 Å². The monoisotopic (exact) mass is 280 g/mol. The minimum atomic E-state index is 0.566. The maximum Gasteiger partial charge on any atom is 0.164 e. The minimum absolute atomic E-state index is 0.566. The second kappa shape index (κ2) is 4.90. The number of anilines is 2. The molecule has 0 bridgehead atoms. The fourth-order valence-corrected chi connectivity index (χ4v) is 2.25. The minimum Gasteiger partial charge on any atom is -0.486 e. The number of benzene rings is 1. The van der Waals surface area contributed by atoms with Crippen LogP contribution in [0, 0.1) is 0 Å². The maximum atomic E-state index is 5.58. The zero-order valence-corrected chi connectivity index (χ0v) is 11.1. The van der Waals surface area contributed by atoms with E-state index in [2.05, 4.69) is 20.3 Å². The van der Waals surface area contributed by atoms with Crippen LogP contribution in [-0.2, 0) is 0 Å². The zero-order valence-electron chi connectivity index (χ0n) is 11.1. The van der Waals surface area contributed by atoms with Gasteiger partial charge in [0.1, 0.15) is 25.4 Å². The van der Waals surface area contributed by atoms with Crippen molar-refractivity contribution < 1.29 is 9.47 Å². The molecule has 4 rings (SSSR count). The summed E-state index contributed by atoms with van der Waals surface area (Å²) in [5.74, 6) is 2.22. The summed E-state index contributed by atoms with van der Waals surface area (Å²) in [7, 11) is 0. The fraction of sp³-hybridized carbons (Fsp3) is 0.133. The summed E-state index contributed by atoms with van der Waals surface area (Å²) in [5, 5.41) is 4.14. The smallest absolute Gasteiger partial charge is 0.164 e. The van der Waals surface area contributed by atoms with Gasteiger partial charge in [0.05, 0.1) is 5.39 Å². The van der Waals surface area contributed by atoms with Crippen LogP contribution in [0.3, 0.4) is 0 Å². The second-order valence-corrected chi connectivity index (χ2v) is 4.58. The van der Waals surface area contributed by atoms with E-state index in [9.17, 15) is 0 Å². The molecule has 1 aliphatic rings. The predicted octanol–water partition coefficient (Wildman–Crippen LogP) is 2.54. The Morgan fingerprint density at radius 3 is 2.81 bits per heavy atom. The van der Waals surface area contributed by atoms with Gasteiger partial charge in [0.2, 0.25) is 0 Å². The topological polar surface area (TPSA) is 69.2 Å². The Kier molecular flexibility index (Phi) is 2.77. The Balaban J connectivity index is 1.71. The van der Waals surface area contributed by atoms with Crippen LogP contribution in [0.2, 0.25) is 0 Å². The molecule has 1 aliphatic heterocycles. The summed E-state index contributed by atoms with van der Waals surface area (Å²) in [6.07, 6.45) is 3.21. The summed E-state index contributed by atoms with van der Waals surface area (Å²) in [4.78, 5) is 12.6. The largest absolute Gasteiger partial charge is 0.486 e. The molecule has 1 aromatic carbocycles. The van der Waals surface area contributed by atoms with E-state index in [0.29, 0.717) is 24.7 Å². The van der Waals surface area contributed by atoms with Crippen LogP contribution in [-0.4, -0.2) is 28.2 Å². The molecule has 0 radical (unpaired) electrons. The molecule has 3 aromatic rings. The number of nitrogens with zero attached hydrogens (tertiary/aromatic N) is 3. The summed E-state index contributed by atoms with van der Waals surface area (Å²) in [6.45, 7) is 1.15. The number of nitrogens with one attached hydrogen (secondary N) is 1. The molecule has 0 saturated carbocycles. The number of ether oxygens (including phenoxy) is 2. The van der Waals surface area contributed by atoms with Crippen molar-refractivity contribution in [2.45, 2.75) is 0 Å². The zero-order chi connectivity index (χ0) is 14.1. The Morgan fingerprint density at radius 1 is 0.952 bits per heavy atom. The molecule has 2 aromatic heterocycles. The van der Waals surface area contributed by atoms with Gasteiger partial charge in [0, 0.05) is 18.0 Å². The highest BCUT2D eigenvalue weighted by atomic mass is 16.6. The number of aromatic nitrogens is 3. The first-order valence-electron chi connectivity index (χ1n) is 6.62. The van der Waals surface area contributed by atoms with Gasteiger partial charge < -0.3 is 14.8 Å². The van der Waals surface area contributed by atoms with E-state index in [1.54, 1.807) is 6.20 Å². The number of rotatable bonds is 2. The van der Waals surface area contributed by atoms with Crippen molar-refractivity contribution in [1.82, 2.24) is 15.0 Å². The number of hydrogen-bond acceptors (Lipinski definition) is 6. The summed E-state index contributed by atoms with van der Waals surface area (Å²) in [6, 6.07) is 9.51. The fourth-order valence-electron chi connectivity index (χ4n) is 2.25. The molecule has 0 spiro atoms. The molecule has 3 heterocycles. The van der Waals surface area contributed by atoms with Crippen molar-refractivity contribution in [3.8, 4) is 11.5 Å². The molecule has 104 valence electrons. The molecule has 0 fully saturated rings. The van der Waals surface area contributed by atoms with Crippen molar-refractivity contribution >= 4 is 22.5 Å². The van der Waals surface area contributed by atoms with E-state index < -0.39 is 0 Å². The number of pyridine rings is 1. The van der Waals surface area contributed by atoms with Crippen LogP contribution in [0.4, 0.5) is 11.5 Å². The third-order valence-corrected chi connectivity index (χ3v) is 3.21. The molecule has 0 aliphatic carbocycles. The van der Waals surface area contributed by atoms with Crippen LogP contribution in [0.15, 0.2) is 42.9 Å². The highest BCUT2D eigenvalue weighted by molar-refractivity contribution is 5.88. The van der Waals surface area contributed by atoms with Crippen LogP contribution < -0.4 is 14.8 Å². The Labute approximate surface area is 120 Å². The Hall–Kier alpha value is -2.89. The van der Waals surface area contributed by atoms with Gasteiger partial charge >= 0.3 is 0 Å². The highest BCUT2D eigenvalue weighted by Gasteiger charge is 2.12. The lowest BCUT2D eigenvalue weighted by molar-refractivity contribution is 0.171.